The Bertz CT molecular complexity index is 644. The highest BCUT2D eigenvalue weighted by atomic mass is 32.2. The molecule has 0 saturated carbocycles. The van der Waals surface area contributed by atoms with Gasteiger partial charge in [-0.05, 0) is 13.8 Å². The highest BCUT2D eigenvalue weighted by Crippen LogP contribution is 2.28. The first-order valence-corrected chi connectivity index (χ1v) is 7.68. The Morgan fingerprint density at radius 2 is 2.06 bits per heavy atom. The fraction of sp³-hybridized carbons (Fsp3) is 0.250. The van der Waals surface area contributed by atoms with Gasteiger partial charge in [-0.25, -0.2) is 18.4 Å². The Kier molecular flexibility index (Phi) is 3.06. The van der Waals surface area contributed by atoms with Crippen molar-refractivity contribution in [3.63, 3.8) is 0 Å². The Hall–Kier alpha value is -1.19. The molecular formula is C8H10N4O2S3. The lowest BCUT2D eigenvalue weighted by Gasteiger charge is -2.02. The normalized spacial score (nSPS) is 11.6. The summed E-state index contributed by atoms with van der Waals surface area (Å²) in [4.78, 5) is 8.76. The number of thiazole rings is 2. The second-order valence-electron chi connectivity index (χ2n) is 3.31. The molecule has 6 nitrogen and oxygen atoms in total. The number of nitrogen functional groups attached to an aromatic ring is 1. The largest absolute Gasteiger partial charge is 0.375 e. The number of anilines is 2. The van der Waals surface area contributed by atoms with Gasteiger partial charge in [0.05, 0.1) is 5.69 Å². The van der Waals surface area contributed by atoms with Crippen molar-refractivity contribution < 1.29 is 8.42 Å². The van der Waals surface area contributed by atoms with Crippen LogP contribution in [0, 0.1) is 13.8 Å². The number of nitrogens with one attached hydrogen (secondary N) is 1. The van der Waals surface area contributed by atoms with Crippen LogP contribution in [0.4, 0.5) is 10.3 Å². The average molecular weight is 290 g/mol. The SMILES string of the molecule is Cc1cnc(NS(=O)(=O)c2sc(N)nc2C)s1. The Balaban J connectivity index is 2.34. The number of aromatic nitrogens is 2. The molecule has 9 heteroatoms. The molecule has 0 spiro atoms. The molecule has 0 unspecified atom stereocenters. The number of sulfonamides is 1. The van der Waals surface area contributed by atoms with Gasteiger partial charge in [0.15, 0.2) is 14.5 Å². The van der Waals surface area contributed by atoms with Crippen LogP contribution in [0.15, 0.2) is 10.4 Å². The molecule has 0 fully saturated rings. The molecule has 0 bridgehead atoms. The molecule has 0 aliphatic carbocycles. The van der Waals surface area contributed by atoms with Crippen LogP contribution in [0.3, 0.4) is 0 Å². The van der Waals surface area contributed by atoms with Gasteiger partial charge in [-0.1, -0.05) is 11.3 Å². The van der Waals surface area contributed by atoms with Crippen LogP contribution in [-0.2, 0) is 10.0 Å². The first-order chi connectivity index (χ1) is 7.88. The van der Waals surface area contributed by atoms with E-state index in [0.29, 0.717) is 10.8 Å². The minimum atomic E-state index is -3.64. The van der Waals surface area contributed by atoms with E-state index < -0.39 is 10.0 Å². The van der Waals surface area contributed by atoms with Gasteiger partial charge in [0.2, 0.25) is 0 Å². The smallest absolute Gasteiger partial charge is 0.275 e. The van der Waals surface area contributed by atoms with Crippen LogP contribution >= 0.6 is 22.7 Å². The molecule has 2 aromatic heterocycles. The standard InChI is InChI=1S/C8H10N4O2S3/c1-4-3-10-8(15-4)12-17(13,14)6-5(2)11-7(9)16-6/h3H,1-2H3,(H2,9,11)(H,10,12). The first-order valence-electron chi connectivity index (χ1n) is 4.56. The molecule has 0 aliphatic heterocycles. The maximum Gasteiger partial charge on any atom is 0.275 e. The van der Waals surface area contributed by atoms with E-state index in [9.17, 15) is 8.42 Å². The fourth-order valence-corrected chi connectivity index (χ4v) is 4.42. The summed E-state index contributed by atoms with van der Waals surface area (Å²) in [6, 6.07) is 0. The van der Waals surface area contributed by atoms with E-state index in [1.165, 1.54) is 11.3 Å². The number of rotatable bonds is 3. The van der Waals surface area contributed by atoms with Crippen molar-refractivity contribution in [3.05, 3.63) is 16.8 Å². The number of aryl methyl sites for hydroxylation is 2. The monoisotopic (exact) mass is 290 g/mol. The minimum absolute atomic E-state index is 0.128. The van der Waals surface area contributed by atoms with Gasteiger partial charge >= 0.3 is 0 Å². The predicted octanol–water partition coefficient (Wildman–Crippen LogP) is 1.60. The Labute approximate surface area is 107 Å². The van der Waals surface area contributed by atoms with E-state index in [-0.39, 0.29) is 9.34 Å². The zero-order valence-electron chi connectivity index (χ0n) is 9.09. The van der Waals surface area contributed by atoms with Crippen molar-refractivity contribution in [1.29, 1.82) is 0 Å². The molecule has 92 valence electrons. The lowest BCUT2D eigenvalue weighted by Crippen LogP contribution is -2.12. The summed E-state index contributed by atoms with van der Waals surface area (Å²) >= 11 is 2.21. The summed E-state index contributed by atoms with van der Waals surface area (Å²) in [5.41, 5.74) is 5.87. The van der Waals surface area contributed by atoms with Crippen LogP contribution in [0.25, 0.3) is 0 Å². The number of nitrogens with zero attached hydrogens (tertiary/aromatic N) is 2. The molecule has 0 radical (unpaired) electrons. The molecule has 0 aliphatic rings. The topological polar surface area (TPSA) is 98.0 Å². The van der Waals surface area contributed by atoms with Crippen molar-refractivity contribution in [1.82, 2.24) is 9.97 Å². The average Bonchev–Trinajstić information content (AvgIpc) is 2.72. The molecule has 2 rings (SSSR count). The summed E-state index contributed by atoms with van der Waals surface area (Å²) in [6.45, 7) is 3.46. The van der Waals surface area contributed by atoms with Crippen LogP contribution in [-0.4, -0.2) is 18.4 Å². The Morgan fingerprint density at radius 3 is 2.53 bits per heavy atom. The molecule has 2 aromatic rings. The third-order valence-corrected chi connectivity index (χ3v) is 5.75. The van der Waals surface area contributed by atoms with Gasteiger partial charge in [0.25, 0.3) is 10.0 Å². The summed E-state index contributed by atoms with van der Waals surface area (Å²) in [5.74, 6) is 0. The molecule has 3 N–H and O–H groups in total. The van der Waals surface area contributed by atoms with Crippen molar-refractivity contribution in [2.45, 2.75) is 18.1 Å². The zero-order chi connectivity index (χ0) is 12.6. The summed E-state index contributed by atoms with van der Waals surface area (Å²) in [5, 5.41) is 0.576. The van der Waals surface area contributed by atoms with Gasteiger partial charge in [-0.2, -0.15) is 0 Å². The second kappa shape index (κ2) is 4.24. The van der Waals surface area contributed by atoms with Gasteiger partial charge < -0.3 is 5.73 Å². The summed E-state index contributed by atoms with van der Waals surface area (Å²) < 4.78 is 26.6. The summed E-state index contributed by atoms with van der Waals surface area (Å²) in [6.07, 6.45) is 1.61. The predicted molar refractivity (Wildman–Crippen MR) is 68.9 cm³/mol. The van der Waals surface area contributed by atoms with Crippen molar-refractivity contribution in [2.24, 2.45) is 0 Å². The minimum Gasteiger partial charge on any atom is -0.375 e. The molecule has 0 saturated heterocycles. The highest BCUT2D eigenvalue weighted by Gasteiger charge is 2.22. The van der Waals surface area contributed by atoms with E-state index in [4.69, 9.17) is 5.73 Å². The molecule has 17 heavy (non-hydrogen) atoms. The lowest BCUT2D eigenvalue weighted by molar-refractivity contribution is 0.602. The second-order valence-corrected chi connectivity index (χ2v) is 7.45. The molecule has 0 atom stereocenters. The fourth-order valence-electron chi connectivity index (χ4n) is 1.22. The van der Waals surface area contributed by atoms with E-state index in [1.54, 1.807) is 13.1 Å². The zero-order valence-corrected chi connectivity index (χ0v) is 11.5. The Morgan fingerprint density at radius 1 is 1.35 bits per heavy atom. The third kappa shape index (κ3) is 2.56. The first kappa shape index (κ1) is 12.3. The van der Waals surface area contributed by atoms with Gasteiger partial charge in [0, 0.05) is 11.1 Å². The van der Waals surface area contributed by atoms with Crippen LogP contribution in [0.2, 0.25) is 0 Å². The molecular weight excluding hydrogens is 280 g/mol. The van der Waals surface area contributed by atoms with E-state index in [0.717, 1.165) is 16.2 Å². The van der Waals surface area contributed by atoms with Crippen LogP contribution < -0.4 is 10.5 Å². The maximum absolute atomic E-state index is 12.0. The van der Waals surface area contributed by atoms with Gasteiger partial charge in [-0.3, -0.25) is 4.72 Å². The molecule has 0 amide bonds. The van der Waals surface area contributed by atoms with Crippen molar-refractivity contribution in [2.75, 3.05) is 10.5 Å². The van der Waals surface area contributed by atoms with Crippen LogP contribution in [0.5, 0.6) is 0 Å². The van der Waals surface area contributed by atoms with Crippen molar-refractivity contribution in [3.8, 4) is 0 Å². The molecule has 0 aromatic carbocycles. The highest BCUT2D eigenvalue weighted by molar-refractivity contribution is 7.95. The number of nitrogens with two attached hydrogens (primary N) is 1. The van der Waals surface area contributed by atoms with Gasteiger partial charge in [0.1, 0.15) is 0 Å². The van der Waals surface area contributed by atoms with Gasteiger partial charge in [-0.15, -0.1) is 11.3 Å². The lowest BCUT2D eigenvalue weighted by atomic mass is 10.6. The van der Waals surface area contributed by atoms with Crippen LogP contribution in [0.1, 0.15) is 10.6 Å². The third-order valence-electron chi connectivity index (χ3n) is 1.86. The molecule has 2 heterocycles. The van der Waals surface area contributed by atoms with E-state index >= 15 is 0 Å². The number of hydrogen-bond acceptors (Lipinski definition) is 7. The number of hydrogen-bond donors (Lipinski definition) is 2. The van der Waals surface area contributed by atoms with E-state index in [2.05, 4.69) is 14.7 Å². The summed E-state index contributed by atoms with van der Waals surface area (Å²) in [7, 11) is -3.64. The quantitative estimate of drug-likeness (QED) is 0.894. The van der Waals surface area contributed by atoms with E-state index in [1.807, 2.05) is 6.92 Å². The van der Waals surface area contributed by atoms with Crippen molar-refractivity contribution >= 4 is 43.0 Å². The maximum atomic E-state index is 12.0.